The number of fused-ring (bicyclic) bond motifs is 1. The minimum absolute atomic E-state index is 0.0938. The van der Waals surface area contributed by atoms with Gasteiger partial charge in [0.15, 0.2) is 0 Å². The highest BCUT2D eigenvalue weighted by molar-refractivity contribution is 5.94. The lowest BCUT2D eigenvalue weighted by Crippen LogP contribution is -2.44. The van der Waals surface area contributed by atoms with Gasteiger partial charge in [-0.3, -0.25) is 19.4 Å². The van der Waals surface area contributed by atoms with Gasteiger partial charge in [0.25, 0.3) is 11.5 Å². The summed E-state index contributed by atoms with van der Waals surface area (Å²) in [5.41, 5.74) is 1.68. The molecule has 1 saturated heterocycles. The molecule has 1 N–H and O–H groups in total. The third-order valence-electron chi connectivity index (χ3n) is 7.34. The Kier molecular flexibility index (Phi) is 6.24. The van der Waals surface area contributed by atoms with Crippen LogP contribution in [0.25, 0.3) is 0 Å². The van der Waals surface area contributed by atoms with E-state index in [1.165, 1.54) is 6.42 Å². The number of H-pyrrole nitrogens is 1. The van der Waals surface area contributed by atoms with E-state index in [1.54, 1.807) is 29.4 Å². The number of hydrogen-bond donors (Lipinski definition) is 1. The van der Waals surface area contributed by atoms with Crippen LogP contribution in [0.1, 0.15) is 84.8 Å². The molecule has 1 saturated carbocycles. The molecule has 2 aromatic rings. The zero-order valence-electron chi connectivity index (χ0n) is 19.0. The summed E-state index contributed by atoms with van der Waals surface area (Å²) >= 11 is 0. The lowest BCUT2D eigenvalue weighted by atomic mass is 9.87. The molecule has 174 valence electrons. The number of rotatable bonds is 3. The second-order valence-corrected chi connectivity index (χ2v) is 9.47. The van der Waals surface area contributed by atoms with E-state index in [1.807, 2.05) is 4.90 Å². The summed E-state index contributed by atoms with van der Waals surface area (Å²) in [7, 11) is 0. The maximum atomic E-state index is 13.4. The van der Waals surface area contributed by atoms with Crippen molar-refractivity contribution in [3.63, 3.8) is 0 Å². The Morgan fingerprint density at radius 3 is 2.64 bits per heavy atom. The second kappa shape index (κ2) is 9.45. The highest BCUT2D eigenvalue weighted by Crippen LogP contribution is 2.34. The lowest BCUT2D eigenvalue weighted by Gasteiger charge is -2.38. The van der Waals surface area contributed by atoms with Crippen LogP contribution in [0.3, 0.4) is 0 Å². The van der Waals surface area contributed by atoms with E-state index >= 15 is 0 Å². The van der Waals surface area contributed by atoms with Crippen LogP contribution >= 0.6 is 0 Å². The van der Waals surface area contributed by atoms with E-state index in [0.717, 1.165) is 44.9 Å². The van der Waals surface area contributed by atoms with Crippen LogP contribution in [0.4, 0.5) is 0 Å². The van der Waals surface area contributed by atoms with Crippen LogP contribution in [0.15, 0.2) is 29.3 Å². The van der Waals surface area contributed by atoms with Gasteiger partial charge in [-0.05, 0) is 50.7 Å². The van der Waals surface area contributed by atoms with Crippen LogP contribution in [0.2, 0.25) is 0 Å². The van der Waals surface area contributed by atoms with E-state index in [4.69, 9.17) is 4.98 Å². The van der Waals surface area contributed by atoms with Crippen molar-refractivity contribution in [1.29, 1.82) is 0 Å². The minimum Gasteiger partial charge on any atom is -0.332 e. The second-order valence-electron chi connectivity index (χ2n) is 9.47. The molecule has 0 spiro atoms. The molecular formula is C25H31N5O3. The fourth-order valence-electron chi connectivity index (χ4n) is 5.53. The van der Waals surface area contributed by atoms with Gasteiger partial charge in [0.1, 0.15) is 5.82 Å². The van der Waals surface area contributed by atoms with E-state index < -0.39 is 0 Å². The predicted molar refractivity (Wildman–Crippen MR) is 122 cm³/mol. The number of piperidine rings is 1. The lowest BCUT2D eigenvalue weighted by molar-refractivity contribution is -0.140. The standard InChI is InChI=1S/C25H31N5O3/c31-23-19-11-14-29(24(32)18-9-6-12-26-15-18)16-20(19)27-22(28-23)21-10-4-5-13-30(21)25(33)17-7-2-1-3-8-17/h6,9,12,15,17,21H,1-5,7-8,10-11,13-14,16H2,(H,27,28,31). The Labute approximate surface area is 193 Å². The minimum atomic E-state index is -0.199. The molecule has 0 bridgehead atoms. The molecule has 2 aromatic heterocycles. The molecule has 3 aliphatic rings. The Morgan fingerprint density at radius 2 is 1.85 bits per heavy atom. The summed E-state index contributed by atoms with van der Waals surface area (Å²) in [5.74, 6) is 0.770. The van der Waals surface area contributed by atoms with Gasteiger partial charge in [-0.1, -0.05) is 19.3 Å². The molecule has 4 heterocycles. The summed E-state index contributed by atoms with van der Waals surface area (Å²) < 4.78 is 0. The normalized spacial score (nSPS) is 21.5. The van der Waals surface area contributed by atoms with Crippen molar-refractivity contribution >= 4 is 11.8 Å². The quantitative estimate of drug-likeness (QED) is 0.777. The summed E-state index contributed by atoms with van der Waals surface area (Å²) in [4.78, 5) is 54.8. The van der Waals surface area contributed by atoms with Crippen molar-refractivity contribution in [2.24, 2.45) is 5.92 Å². The van der Waals surface area contributed by atoms with Gasteiger partial charge >= 0.3 is 0 Å². The van der Waals surface area contributed by atoms with Crippen molar-refractivity contribution in [1.82, 2.24) is 24.8 Å². The monoisotopic (exact) mass is 449 g/mol. The highest BCUT2D eigenvalue weighted by Gasteiger charge is 2.35. The number of hydrogen-bond acceptors (Lipinski definition) is 5. The first kappa shape index (κ1) is 21.8. The van der Waals surface area contributed by atoms with Crippen molar-refractivity contribution in [3.05, 3.63) is 57.5 Å². The third kappa shape index (κ3) is 4.43. The largest absolute Gasteiger partial charge is 0.332 e. The van der Waals surface area contributed by atoms with Gasteiger partial charge in [0.05, 0.1) is 23.8 Å². The number of carbonyl (C=O) groups is 2. The fourth-order valence-corrected chi connectivity index (χ4v) is 5.53. The Balaban J connectivity index is 1.40. The average molecular weight is 450 g/mol. The Morgan fingerprint density at radius 1 is 1.03 bits per heavy atom. The molecule has 8 heteroatoms. The number of nitrogens with zero attached hydrogens (tertiary/aromatic N) is 4. The van der Waals surface area contributed by atoms with Crippen molar-refractivity contribution in [2.75, 3.05) is 13.1 Å². The van der Waals surface area contributed by atoms with Gasteiger partial charge in [0.2, 0.25) is 5.91 Å². The van der Waals surface area contributed by atoms with Gasteiger partial charge < -0.3 is 14.8 Å². The van der Waals surface area contributed by atoms with E-state index in [-0.39, 0.29) is 29.3 Å². The molecule has 0 aromatic carbocycles. The first-order valence-electron chi connectivity index (χ1n) is 12.2. The Bertz CT molecular complexity index is 1080. The van der Waals surface area contributed by atoms with E-state index in [2.05, 4.69) is 9.97 Å². The number of carbonyl (C=O) groups excluding carboxylic acids is 2. The number of likely N-dealkylation sites (tertiary alicyclic amines) is 1. The zero-order valence-corrected chi connectivity index (χ0v) is 19.0. The molecule has 2 aliphatic heterocycles. The molecule has 2 amide bonds. The molecule has 0 radical (unpaired) electrons. The van der Waals surface area contributed by atoms with Crippen LogP contribution in [-0.4, -0.2) is 49.7 Å². The third-order valence-corrected chi connectivity index (χ3v) is 7.34. The average Bonchev–Trinajstić information content (AvgIpc) is 2.88. The van der Waals surface area contributed by atoms with E-state index in [0.29, 0.717) is 48.7 Å². The SMILES string of the molecule is O=C(c1cccnc1)N1CCc2c(nc(C3CCCCN3C(=O)C3CCCCC3)[nH]c2=O)C1. The molecule has 2 fully saturated rings. The smallest absolute Gasteiger partial charge is 0.255 e. The maximum Gasteiger partial charge on any atom is 0.255 e. The number of nitrogens with one attached hydrogen (secondary N) is 1. The van der Waals surface area contributed by atoms with Crippen LogP contribution in [0.5, 0.6) is 0 Å². The van der Waals surface area contributed by atoms with Crippen LogP contribution < -0.4 is 5.56 Å². The van der Waals surface area contributed by atoms with Crippen molar-refractivity contribution in [2.45, 2.75) is 70.4 Å². The summed E-state index contributed by atoms with van der Waals surface area (Å²) in [6, 6.07) is 3.29. The maximum absolute atomic E-state index is 13.4. The summed E-state index contributed by atoms with van der Waals surface area (Å²) in [6.07, 6.45) is 11.8. The van der Waals surface area contributed by atoms with Crippen LogP contribution in [0, 0.1) is 5.92 Å². The topological polar surface area (TPSA) is 99.3 Å². The molecule has 1 atom stereocenters. The number of aromatic nitrogens is 3. The molecule has 8 nitrogen and oxygen atoms in total. The van der Waals surface area contributed by atoms with Crippen LogP contribution in [-0.2, 0) is 17.8 Å². The molecule has 5 rings (SSSR count). The number of amides is 2. The van der Waals surface area contributed by atoms with Gasteiger partial charge in [-0.2, -0.15) is 0 Å². The van der Waals surface area contributed by atoms with Gasteiger partial charge in [0, 0.05) is 37.0 Å². The van der Waals surface area contributed by atoms with E-state index in [9.17, 15) is 14.4 Å². The summed E-state index contributed by atoms with van der Waals surface area (Å²) in [6.45, 7) is 1.48. The molecule has 33 heavy (non-hydrogen) atoms. The van der Waals surface area contributed by atoms with Crippen molar-refractivity contribution in [3.8, 4) is 0 Å². The predicted octanol–water partition coefficient (Wildman–Crippen LogP) is 3.00. The first-order chi connectivity index (χ1) is 16.1. The van der Waals surface area contributed by atoms with Gasteiger partial charge in [-0.15, -0.1) is 0 Å². The first-order valence-corrected chi connectivity index (χ1v) is 12.2. The Hall–Kier alpha value is -3.03. The molecular weight excluding hydrogens is 418 g/mol. The molecule has 1 aliphatic carbocycles. The molecule has 1 unspecified atom stereocenters. The highest BCUT2D eigenvalue weighted by atomic mass is 16.2. The van der Waals surface area contributed by atoms with Crippen molar-refractivity contribution < 1.29 is 9.59 Å². The number of aromatic amines is 1. The summed E-state index contributed by atoms with van der Waals surface area (Å²) in [5, 5.41) is 0. The number of pyridine rings is 1. The van der Waals surface area contributed by atoms with Gasteiger partial charge in [-0.25, -0.2) is 4.98 Å². The fraction of sp³-hybridized carbons (Fsp3) is 0.560. The zero-order chi connectivity index (χ0) is 22.8.